The maximum atomic E-state index is 11.3. The molecule has 0 radical (unpaired) electrons. The molecule has 0 aliphatic rings. The fourth-order valence-corrected chi connectivity index (χ4v) is 4.61. The van der Waals surface area contributed by atoms with E-state index in [1.165, 1.54) is 22.3 Å². The van der Waals surface area contributed by atoms with Gasteiger partial charge < -0.3 is 4.57 Å². The van der Waals surface area contributed by atoms with Crippen LogP contribution in [-0.2, 0) is 0 Å². The number of thiazole rings is 1. The van der Waals surface area contributed by atoms with E-state index in [2.05, 4.69) is 40.2 Å². The van der Waals surface area contributed by atoms with E-state index < -0.39 is 0 Å². The van der Waals surface area contributed by atoms with Crippen LogP contribution in [0.5, 0.6) is 0 Å². The number of hydrogen-bond acceptors (Lipinski definition) is 5. The third kappa shape index (κ3) is 3.72. The van der Waals surface area contributed by atoms with Crippen LogP contribution in [0.4, 0.5) is 11.4 Å². The van der Waals surface area contributed by atoms with Crippen molar-refractivity contribution in [2.45, 2.75) is 32.7 Å². The van der Waals surface area contributed by atoms with E-state index in [9.17, 15) is 10.1 Å². The highest BCUT2D eigenvalue weighted by Crippen LogP contribution is 2.30. The lowest BCUT2D eigenvalue weighted by Crippen LogP contribution is -2.19. The molecule has 0 aliphatic carbocycles. The molecule has 5 nitrogen and oxygen atoms in total. The van der Waals surface area contributed by atoms with Crippen LogP contribution >= 0.6 is 22.7 Å². The van der Waals surface area contributed by atoms with Crippen molar-refractivity contribution < 1.29 is 4.92 Å². The zero-order valence-electron chi connectivity index (χ0n) is 14.1. The second-order valence-corrected chi connectivity index (χ2v) is 7.53. The van der Waals surface area contributed by atoms with Crippen LogP contribution in [0.3, 0.4) is 0 Å². The van der Waals surface area contributed by atoms with Gasteiger partial charge in [-0.2, -0.15) is 0 Å². The number of thiophene rings is 1. The summed E-state index contributed by atoms with van der Waals surface area (Å²) in [5.74, 6) is 0. The minimum atomic E-state index is -0.383. The number of nitro benzene ring substituents is 1. The van der Waals surface area contributed by atoms with Gasteiger partial charge in [0.05, 0.1) is 15.5 Å². The van der Waals surface area contributed by atoms with E-state index >= 15 is 0 Å². The van der Waals surface area contributed by atoms with Crippen LogP contribution in [0.2, 0.25) is 0 Å². The van der Waals surface area contributed by atoms with Gasteiger partial charge in [0.15, 0.2) is 4.80 Å². The highest BCUT2D eigenvalue weighted by molar-refractivity contribution is 7.14. The molecule has 0 saturated carbocycles. The van der Waals surface area contributed by atoms with Crippen molar-refractivity contribution in [1.29, 1.82) is 0 Å². The molecular formula is C18H19N3O2S2. The molecule has 0 saturated heterocycles. The molecule has 1 atom stereocenters. The van der Waals surface area contributed by atoms with Crippen LogP contribution in [-0.4, -0.2) is 9.49 Å². The van der Waals surface area contributed by atoms with E-state index in [1.807, 2.05) is 6.07 Å². The van der Waals surface area contributed by atoms with Crippen molar-refractivity contribution in [1.82, 2.24) is 4.57 Å². The van der Waals surface area contributed by atoms with Crippen molar-refractivity contribution in [3.05, 3.63) is 62.1 Å². The summed E-state index contributed by atoms with van der Waals surface area (Å²) in [6, 6.07) is 11.0. The minimum Gasteiger partial charge on any atom is -0.313 e. The average Bonchev–Trinajstić information content (AvgIpc) is 3.24. The van der Waals surface area contributed by atoms with Crippen molar-refractivity contribution >= 4 is 34.0 Å². The van der Waals surface area contributed by atoms with Gasteiger partial charge in [0, 0.05) is 17.5 Å². The first-order chi connectivity index (χ1) is 12.1. The Balaban J connectivity index is 2.18. The first-order valence-corrected chi connectivity index (χ1v) is 9.89. The molecule has 2 aromatic heterocycles. The van der Waals surface area contributed by atoms with Gasteiger partial charge in [0.2, 0.25) is 0 Å². The molecule has 0 amide bonds. The number of aromatic nitrogens is 1. The van der Waals surface area contributed by atoms with E-state index in [0.29, 0.717) is 5.69 Å². The molecule has 0 N–H and O–H groups in total. The number of para-hydroxylation sites is 2. The summed E-state index contributed by atoms with van der Waals surface area (Å²) in [5.41, 5.74) is 1.55. The van der Waals surface area contributed by atoms with Crippen LogP contribution < -0.4 is 4.80 Å². The van der Waals surface area contributed by atoms with Crippen molar-refractivity contribution in [2.75, 3.05) is 0 Å². The lowest BCUT2D eigenvalue weighted by Gasteiger charge is -2.16. The molecule has 25 heavy (non-hydrogen) atoms. The molecule has 3 rings (SSSR count). The fourth-order valence-electron chi connectivity index (χ4n) is 2.80. The van der Waals surface area contributed by atoms with Crippen molar-refractivity contribution in [3.63, 3.8) is 0 Å². The van der Waals surface area contributed by atoms with Gasteiger partial charge in [-0.25, -0.2) is 4.99 Å². The maximum Gasteiger partial charge on any atom is 0.294 e. The topological polar surface area (TPSA) is 60.4 Å². The van der Waals surface area contributed by atoms with Crippen LogP contribution in [0.25, 0.3) is 10.6 Å². The molecule has 7 heteroatoms. The summed E-state index contributed by atoms with van der Waals surface area (Å²) in [7, 11) is 0. The Hall–Kier alpha value is -2.25. The first-order valence-electron chi connectivity index (χ1n) is 8.14. The number of hydrogen-bond donors (Lipinski definition) is 0. The Morgan fingerprint density at radius 3 is 2.72 bits per heavy atom. The Morgan fingerprint density at radius 1 is 1.24 bits per heavy atom. The zero-order chi connectivity index (χ0) is 17.8. The summed E-state index contributed by atoms with van der Waals surface area (Å²) >= 11 is 3.21. The first kappa shape index (κ1) is 17.6. The Labute approximate surface area is 154 Å². The molecule has 1 unspecified atom stereocenters. The van der Waals surface area contributed by atoms with Crippen molar-refractivity contribution in [2.24, 2.45) is 4.99 Å². The summed E-state index contributed by atoms with van der Waals surface area (Å²) in [4.78, 5) is 17.5. The van der Waals surface area contributed by atoms with Gasteiger partial charge in [-0.1, -0.05) is 31.5 Å². The van der Waals surface area contributed by atoms with Gasteiger partial charge in [0.25, 0.3) is 5.69 Å². The van der Waals surface area contributed by atoms with Crippen LogP contribution in [0.1, 0.15) is 32.7 Å². The molecular weight excluding hydrogens is 354 g/mol. The predicted molar refractivity (Wildman–Crippen MR) is 104 cm³/mol. The second kappa shape index (κ2) is 7.76. The smallest absolute Gasteiger partial charge is 0.294 e. The highest BCUT2D eigenvalue weighted by Gasteiger charge is 2.16. The van der Waals surface area contributed by atoms with Crippen LogP contribution in [0, 0.1) is 10.1 Å². The number of nitro groups is 1. The van der Waals surface area contributed by atoms with Gasteiger partial charge in [-0.3, -0.25) is 10.1 Å². The summed E-state index contributed by atoms with van der Waals surface area (Å²) in [6.07, 6.45) is 2.10. The average molecular weight is 374 g/mol. The Morgan fingerprint density at radius 2 is 2.04 bits per heavy atom. The molecule has 0 spiro atoms. The van der Waals surface area contributed by atoms with E-state index in [0.717, 1.165) is 23.3 Å². The standard InChI is InChI=1S/C18H19N3O2S2/c1-3-7-13(2)20-16(17-10-6-11-24-17)12-25-18(20)19-14-8-4-5-9-15(14)21(22)23/h4-6,8-13H,3,7H2,1-2H3. The summed E-state index contributed by atoms with van der Waals surface area (Å²) in [5, 5.41) is 15.4. The lowest BCUT2D eigenvalue weighted by molar-refractivity contribution is -0.384. The summed E-state index contributed by atoms with van der Waals surface area (Å²) in [6.45, 7) is 4.33. The third-order valence-electron chi connectivity index (χ3n) is 3.96. The molecule has 130 valence electrons. The maximum absolute atomic E-state index is 11.3. The lowest BCUT2D eigenvalue weighted by atomic mass is 10.2. The SMILES string of the molecule is CCCC(C)n1c(-c2cccs2)csc1=Nc1ccccc1[N+](=O)[O-]. The quantitative estimate of drug-likeness (QED) is 0.406. The van der Waals surface area contributed by atoms with E-state index in [4.69, 9.17) is 0 Å². The van der Waals surface area contributed by atoms with E-state index in [1.54, 1.807) is 29.5 Å². The van der Waals surface area contributed by atoms with Gasteiger partial charge in [-0.15, -0.1) is 22.7 Å². The third-order valence-corrected chi connectivity index (χ3v) is 5.69. The monoisotopic (exact) mass is 373 g/mol. The summed E-state index contributed by atoms with van der Waals surface area (Å²) < 4.78 is 2.21. The number of nitrogens with zero attached hydrogens (tertiary/aromatic N) is 3. The molecule has 2 heterocycles. The Kier molecular flexibility index (Phi) is 5.45. The van der Waals surface area contributed by atoms with Gasteiger partial charge in [0.1, 0.15) is 5.69 Å². The van der Waals surface area contributed by atoms with Gasteiger partial charge in [-0.05, 0) is 30.9 Å². The minimum absolute atomic E-state index is 0.0308. The number of rotatable bonds is 6. The highest BCUT2D eigenvalue weighted by atomic mass is 32.1. The number of benzene rings is 1. The van der Waals surface area contributed by atoms with Crippen LogP contribution in [0.15, 0.2) is 52.2 Å². The molecule has 3 aromatic rings. The van der Waals surface area contributed by atoms with Crippen molar-refractivity contribution in [3.8, 4) is 10.6 Å². The fraction of sp³-hybridized carbons (Fsp3) is 0.278. The molecule has 0 aliphatic heterocycles. The van der Waals surface area contributed by atoms with E-state index in [-0.39, 0.29) is 16.7 Å². The molecule has 0 bridgehead atoms. The van der Waals surface area contributed by atoms with Gasteiger partial charge >= 0.3 is 0 Å². The normalized spacial score (nSPS) is 13.1. The predicted octanol–water partition coefficient (Wildman–Crippen LogP) is 5.78. The second-order valence-electron chi connectivity index (χ2n) is 5.75. The zero-order valence-corrected chi connectivity index (χ0v) is 15.7. The molecule has 1 aromatic carbocycles. The Bertz CT molecular complexity index is 926. The largest absolute Gasteiger partial charge is 0.313 e. The molecule has 0 fully saturated rings.